The summed E-state index contributed by atoms with van der Waals surface area (Å²) in [5.74, 6) is -1.09. The van der Waals surface area contributed by atoms with Crippen LogP contribution in [0.1, 0.15) is 38.5 Å². The molecule has 0 aromatic carbocycles. The van der Waals surface area contributed by atoms with E-state index in [0.29, 0.717) is 24.8 Å². The van der Waals surface area contributed by atoms with Crippen molar-refractivity contribution in [3.8, 4) is 0 Å². The van der Waals surface area contributed by atoms with Crippen molar-refractivity contribution >= 4 is 159 Å². The van der Waals surface area contributed by atoms with E-state index >= 15 is 0 Å². The van der Waals surface area contributed by atoms with Gasteiger partial charge in [0.25, 0.3) is 0 Å². The molecule has 0 aliphatic heterocycles. The topological polar surface area (TPSA) is 739 Å². The Morgan fingerprint density at radius 3 is 0.506 bits per heavy atom. The van der Waals surface area contributed by atoms with Crippen LogP contribution in [0.4, 0.5) is 0 Å². The minimum absolute atomic E-state index is 0. The summed E-state index contributed by atoms with van der Waals surface area (Å²) < 4.78 is 248. The Labute approximate surface area is 826 Å². The molecule has 0 rings (SSSR count). The van der Waals surface area contributed by atoms with Gasteiger partial charge in [-0.15, -0.1) is 12.6 Å². The molecule has 36 nitrogen and oxygen atoms in total. The molecular weight excluding hydrogens is 1720 g/mol. The minimum Gasteiger partial charge on any atom is -0.917 e. The maximum absolute atomic E-state index is 9.81. The van der Waals surface area contributed by atoms with Crippen LogP contribution in [0.2, 0.25) is 0 Å². The molecule has 432 valence electrons. The summed E-state index contributed by atoms with van der Waals surface area (Å²) in [6.07, 6.45) is 3.17. The van der Waals surface area contributed by atoms with Crippen LogP contribution >= 0.6 is 63.7 Å². The third kappa shape index (κ3) is 680. The largest absolute Gasteiger partial charge is 1.00 e. The summed E-state index contributed by atoms with van der Waals surface area (Å²) >= 11 is 12.7. The first-order valence-corrected chi connectivity index (χ1v) is 29.4. The zero-order valence-corrected chi connectivity index (χ0v) is 88.8. The fourth-order valence-corrected chi connectivity index (χ4v) is 4.38. The molecule has 12 N–H and O–H groups in total. The minimum atomic E-state index is -5.17. The number of halogens is 4. The van der Waals surface area contributed by atoms with E-state index in [-0.39, 0.29) is 480 Å². The zero-order valence-electron chi connectivity index (χ0n) is 47.1. The van der Waals surface area contributed by atoms with Crippen LogP contribution in [-0.4, -0.2) is 195 Å². The van der Waals surface area contributed by atoms with Crippen LogP contribution in [0.5, 0.6) is 0 Å². The van der Waals surface area contributed by atoms with Crippen molar-refractivity contribution in [2.75, 3.05) is 65.0 Å². The third-order valence-corrected chi connectivity index (χ3v) is 6.96. The number of hydrogen-bond acceptors (Lipinski definition) is 36. The van der Waals surface area contributed by atoms with Crippen LogP contribution in [0.15, 0.2) is 0 Å². The Bertz CT molecular complexity index is 1650. The van der Waals surface area contributed by atoms with Crippen LogP contribution in [0.3, 0.4) is 0 Å². The second-order valence-corrected chi connectivity index (χ2v) is 18.1. The van der Waals surface area contributed by atoms with Crippen molar-refractivity contribution in [3.05, 3.63) is 6.92 Å². The molecule has 0 heterocycles. The number of hydrogen-bond donors (Lipinski definition) is 4. The SMILES string of the molecule is BrCCCBr.O.O.O.O.O=S(=O)([O-])CCCBr.O=S(=O)([O-])CCCO.O=S(=O)([O-])[O-].O=S(=O)=O.O=[S-](=O)[O-].O=[S-](=O)[O-].O=[S-](=O)[O-].O=[S-](=O)[O-].OCCCBr.OCCCO.[CH2-]CCS(=O)(=O)[O-].[Na+].[Na+].[Na+].[Na+].[Na+].[Na+].[Na+].[Na+].[Na+].[Na+].[Na+].[Na+].[Na+].[Na+]. The van der Waals surface area contributed by atoms with Gasteiger partial charge in [-0.1, -0.05) is 63.7 Å². The Kier molecular flexibility index (Phi) is 408. The fourth-order valence-electron chi connectivity index (χ4n) is 0.830. The Hall–Kier alpha value is 14.5. The molecular formula is C18H48Br4Na14O36S9. The van der Waals surface area contributed by atoms with Crippen LogP contribution in [0, 0.1) is 6.92 Å². The third-order valence-electron chi connectivity index (χ3n) is 2.35. The van der Waals surface area contributed by atoms with Crippen molar-refractivity contribution in [1.29, 1.82) is 0 Å². The standard InChI is InChI=1S/C3H6Br2.C3H7BrO3S.C3H7BrO.C3H8O4S.C3H7O3S.C3H8O2.14Na.H2O4S.5O3S.4H2O/c4-2-1-3-5;4-2-1-3-8(5,6)7;4-2-1-3-5;4-2-1-3-8(5,6)7;1-2-3-7(4,5)6;4-2-1-3-5;;;;;;;;;;;;;;;1-5(2,3)4;5*1-4(2)3;;;;/h1-3H2;1-3H2,(H,5,6,7);5H,1-3H2;4H,1-3H2,(H,5,6,7);1-3H2,(H,4,5,6);4-5H,1-3H2;;;;;;;;;;;;;;;(H2,1,2,3,4);;;;;;4*1H2/q;;;;-1;;14*+1;;;4*-2;;;;/p-5. The molecule has 0 unspecified atom stereocenters. The summed E-state index contributed by atoms with van der Waals surface area (Å²) in [4.78, 5) is 0. The van der Waals surface area contributed by atoms with E-state index in [2.05, 4.69) is 70.6 Å². The van der Waals surface area contributed by atoms with Crippen LogP contribution in [-0.2, 0) is 129 Å². The molecule has 0 aliphatic rings. The van der Waals surface area contributed by atoms with Crippen molar-refractivity contribution in [3.63, 3.8) is 0 Å². The molecule has 0 amide bonds. The molecule has 0 saturated carbocycles. The summed E-state index contributed by atoms with van der Waals surface area (Å²) in [5.41, 5.74) is 0. The number of rotatable bonds is 14. The van der Waals surface area contributed by atoms with E-state index in [4.69, 9.17) is 102 Å². The molecule has 0 atom stereocenters. The van der Waals surface area contributed by atoms with Gasteiger partial charge in [0.15, 0.2) is 0 Å². The van der Waals surface area contributed by atoms with Gasteiger partial charge in [-0.3, -0.25) is 8.42 Å². The van der Waals surface area contributed by atoms with Gasteiger partial charge < -0.3 is 124 Å². The quantitative estimate of drug-likeness (QED) is 0.0239. The molecule has 0 aromatic heterocycles. The number of alkyl halides is 4. The van der Waals surface area contributed by atoms with E-state index in [1.165, 1.54) is 6.42 Å². The molecule has 0 aliphatic carbocycles. The maximum atomic E-state index is 9.81. The number of aliphatic hydroxyl groups is 4. The van der Waals surface area contributed by atoms with E-state index < -0.39 is 101 Å². The van der Waals surface area contributed by atoms with Crippen molar-refractivity contribution in [1.82, 2.24) is 0 Å². The summed E-state index contributed by atoms with van der Waals surface area (Å²) in [5, 5.41) is 35.6. The van der Waals surface area contributed by atoms with Crippen LogP contribution < -0.4 is 414 Å². The summed E-state index contributed by atoms with van der Waals surface area (Å²) in [6, 6.07) is 0. The van der Waals surface area contributed by atoms with Gasteiger partial charge in [0.05, 0.1) is 30.4 Å². The number of aliphatic hydroxyl groups excluding tert-OH is 4. The molecule has 63 heteroatoms. The Morgan fingerprint density at radius 2 is 0.481 bits per heavy atom. The van der Waals surface area contributed by atoms with Crippen LogP contribution in [0.25, 0.3) is 0 Å². The van der Waals surface area contributed by atoms with Gasteiger partial charge in [-0.05, 0) is 32.1 Å². The molecule has 0 fully saturated rings. The smallest absolute Gasteiger partial charge is 0.917 e. The first-order chi connectivity index (χ1) is 28.1. The summed E-state index contributed by atoms with van der Waals surface area (Å²) in [6.45, 7) is 3.43. The van der Waals surface area contributed by atoms with Crippen molar-refractivity contribution in [2.24, 2.45) is 0 Å². The van der Waals surface area contributed by atoms with Gasteiger partial charge >= 0.3 is 424 Å². The predicted octanol–water partition coefficient (Wildman–Crippen LogP) is -48.6. The molecule has 0 bridgehead atoms. The van der Waals surface area contributed by atoms with Gasteiger partial charge in [0.1, 0.15) is 0 Å². The second kappa shape index (κ2) is 166. The second-order valence-electron chi connectivity index (χ2n) is 7.49. The molecule has 0 saturated heterocycles. The van der Waals surface area contributed by atoms with Crippen molar-refractivity contribution < 1.29 is 577 Å². The Morgan fingerprint density at radius 1 is 0.346 bits per heavy atom. The molecule has 81 heavy (non-hydrogen) atoms. The van der Waals surface area contributed by atoms with Gasteiger partial charge in [-0.2, -0.15) is 50.4 Å². The molecule has 0 aromatic rings. The van der Waals surface area contributed by atoms with E-state index in [0.717, 1.165) is 22.4 Å². The zero-order chi connectivity index (χ0) is 53.9. The molecule has 0 radical (unpaired) electrons. The average Bonchev–Trinajstić information content (AvgIpc) is 3.02. The predicted molar refractivity (Wildman–Crippen MR) is 233 cm³/mol. The monoisotopic (exact) mass is 1770 g/mol. The summed E-state index contributed by atoms with van der Waals surface area (Å²) in [7, 11) is -32.8. The molecule has 0 spiro atoms. The van der Waals surface area contributed by atoms with Gasteiger partial charge in [0, 0.05) is 75.4 Å². The van der Waals surface area contributed by atoms with E-state index in [1.54, 1.807) is 0 Å². The first-order valence-electron chi connectivity index (χ1n) is 13.9. The maximum Gasteiger partial charge on any atom is 1.00 e. The van der Waals surface area contributed by atoms with E-state index in [1.807, 2.05) is 0 Å². The normalized spacial score (nSPS) is 7.58. The van der Waals surface area contributed by atoms with Gasteiger partial charge in [0.2, 0.25) is 0 Å². The Balaban J connectivity index is -0.0000000124. The van der Waals surface area contributed by atoms with E-state index in [9.17, 15) is 38.9 Å². The fraction of sp³-hybridized carbons (Fsp3) is 0.944. The van der Waals surface area contributed by atoms with Gasteiger partial charge in [-0.25, -0.2) is 25.3 Å². The average molecular weight is 1770 g/mol. The van der Waals surface area contributed by atoms with Crippen molar-refractivity contribution in [2.45, 2.75) is 38.5 Å². The first kappa shape index (κ1) is 199.